The van der Waals surface area contributed by atoms with Gasteiger partial charge in [0, 0.05) is 12.7 Å². The first kappa shape index (κ1) is 14.8. The molecule has 2 heterocycles. The van der Waals surface area contributed by atoms with Crippen LogP contribution in [0.2, 0.25) is 5.15 Å². The number of rotatable bonds is 4. The number of hydrogen-bond acceptors (Lipinski definition) is 4. The maximum Gasteiger partial charge on any atom is 0.259 e. The van der Waals surface area contributed by atoms with Gasteiger partial charge in [0.05, 0.1) is 6.10 Å². The van der Waals surface area contributed by atoms with Gasteiger partial charge in [-0.3, -0.25) is 4.40 Å². The molecule has 6 nitrogen and oxygen atoms in total. The van der Waals surface area contributed by atoms with E-state index >= 15 is 0 Å². The van der Waals surface area contributed by atoms with Crippen LogP contribution >= 0.6 is 11.6 Å². The van der Waals surface area contributed by atoms with Gasteiger partial charge < -0.3 is 5.11 Å². The lowest BCUT2D eigenvalue weighted by Gasteiger charge is -2.15. The van der Waals surface area contributed by atoms with Gasteiger partial charge in [-0.2, -0.15) is 0 Å². The molecule has 0 aliphatic heterocycles. The number of halogens is 1. The Balaban J connectivity index is 1.88. The van der Waals surface area contributed by atoms with E-state index in [2.05, 4.69) is 9.71 Å². The van der Waals surface area contributed by atoms with E-state index in [0.29, 0.717) is 5.65 Å². The number of nitrogens with one attached hydrogen (secondary N) is 1. The molecule has 21 heavy (non-hydrogen) atoms. The summed E-state index contributed by atoms with van der Waals surface area (Å²) in [7, 11) is -3.78. The summed E-state index contributed by atoms with van der Waals surface area (Å²) in [5, 5.41) is 9.65. The first-order valence-electron chi connectivity index (χ1n) is 6.79. The number of aromatic nitrogens is 2. The van der Waals surface area contributed by atoms with E-state index in [4.69, 9.17) is 11.6 Å². The third-order valence-corrected chi connectivity index (χ3v) is 5.68. The van der Waals surface area contributed by atoms with Crippen molar-refractivity contribution in [2.75, 3.05) is 6.54 Å². The minimum atomic E-state index is -3.78. The molecule has 1 fully saturated rings. The van der Waals surface area contributed by atoms with Gasteiger partial charge in [0.1, 0.15) is 5.65 Å². The van der Waals surface area contributed by atoms with Crippen LogP contribution in [-0.4, -0.2) is 35.6 Å². The molecular formula is C13H16ClN3O3S. The summed E-state index contributed by atoms with van der Waals surface area (Å²) in [5.41, 5.74) is 0.476. The Bertz CT molecular complexity index is 759. The molecule has 0 saturated heterocycles. The molecule has 2 N–H and O–H groups in total. The van der Waals surface area contributed by atoms with Crippen LogP contribution in [0.5, 0.6) is 0 Å². The van der Waals surface area contributed by atoms with Crippen LogP contribution in [-0.2, 0) is 10.0 Å². The topological polar surface area (TPSA) is 83.7 Å². The number of fused-ring (bicyclic) bond motifs is 1. The lowest BCUT2D eigenvalue weighted by Crippen LogP contribution is -2.33. The van der Waals surface area contributed by atoms with Crippen LogP contribution < -0.4 is 4.72 Å². The van der Waals surface area contributed by atoms with E-state index in [1.54, 1.807) is 24.4 Å². The number of pyridine rings is 1. The molecule has 3 rings (SSSR count). The molecule has 114 valence electrons. The van der Waals surface area contributed by atoms with Gasteiger partial charge in [-0.15, -0.1) is 0 Å². The number of sulfonamides is 1. The van der Waals surface area contributed by atoms with Crippen LogP contribution in [0.4, 0.5) is 0 Å². The fourth-order valence-corrected chi connectivity index (χ4v) is 4.46. The average Bonchev–Trinajstić information content (AvgIpc) is 2.99. The molecule has 2 atom stereocenters. The van der Waals surface area contributed by atoms with Crippen LogP contribution in [0.25, 0.3) is 5.65 Å². The number of hydrogen-bond donors (Lipinski definition) is 2. The maximum absolute atomic E-state index is 12.5. The molecule has 0 amide bonds. The zero-order chi connectivity index (χ0) is 15.0. The zero-order valence-corrected chi connectivity index (χ0v) is 12.8. The summed E-state index contributed by atoms with van der Waals surface area (Å²) in [6, 6.07) is 5.16. The Morgan fingerprint density at radius 1 is 1.43 bits per heavy atom. The molecule has 1 aliphatic rings. The third-order valence-electron chi connectivity index (χ3n) is 3.86. The van der Waals surface area contributed by atoms with Crippen LogP contribution in [0.3, 0.4) is 0 Å². The Morgan fingerprint density at radius 2 is 2.24 bits per heavy atom. The standard InChI is InChI=1S/C13H16ClN3O3S/c14-12-13(17-7-2-1-6-11(17)16-12)21(19,20)15-8-9-4-3-5-10(9)18/h1-2,6-7,9-10,15,18H,3-5,8H2. The number of aliphatic hydroxyl groups excluding tert-OH is 1. The molecule has 0 radical (unpaired) electrons. The normalized spacial score (nSPS) is 23.0. The van der Waals surface area contributed by atoms with Crippen molar-refractivity contribution in [3.63, 3.8) is 0 Å². The summed E-state index contributed by atoms with van der Waals surface area (Å²) in [6.45, 7) is 0.208. The van der Waals surface area contributed by atoms with Gasteiger partial charge in [-0.1, -0.05) is 24.1 Å². The summed E-state index contributed by atoms with van der Waals surface area (Å²) in [6.07, 6.45) is 3.63. The molecule has 0 aromatic carbocycles. The highest BCUT2D eigenvalue weighted by molar-refractivity contribution is 7.89. The molecule has 1 aliphatic carbocycles. The zero-order valence-electron chi connectivity index (χ0n) is 11.2. The Morgan fingerprint density at radius 3 is 2.95 bits per heavy atom. The highest BCUT2D eigenvalue weighted by Crippen LogP contribution is 2.26. The quantitative estimate of drug-likeness (QED) is 0.888. The van der Waals surface area contributed by atoms with Gasteiger partial charge in [0.2, 0.25) is 0 Å². The molecule has 0 spiro atoms. The predicted octanol–water partition coefficient (Wildman–Crippen LogP) is 1.43. The van der Waals surface area contributed by atoms with Crippen molar-refractivity contribution < 1.29 is 13.5 Å². The van der Waals surface area contributed by atoms with E-state index in [1.807, 2.05) is 0 Å². The van der Waals surface area contributed by atoms with Crippen molar-refractivity contribution in [3.8, 4) is 0 Å². The fraction of sp³-hybridized carbons (Fsp3) is 0.462. The minimum absolute atomic E-state index is 0.0438. The van der Waals surface area contributed by atoms with Gasteiger partial charge in [-0.05, 0) is 30.9 Å². The van der Waals surface area contributed by atoms with Crippen LogP contribution in [0, 0.1) is 5.92 Å². The van der Waals surface area contributed by atoms with Gasteiger partial charge in [0.25, 0.3) is 10.0 Å². The summed E-state index contributed by atoms with van der Waals surface area (Å²) in [5.74, 6) is -0.0438. The second-order valence-electron chi connectivity index (χ2n) is 5.25. The predicted molar refractivity (Wildman–Crippen MR) is 78.7 cm³/mol. The largest absolute Gasteiger partial charge is 0.393 e. The summed E-state index contributed by atoms with van der Waals surface area (Å²) < 4.78 is 28.9. The van der Waals surface area contributed by atoms with Gasteiger partial charge >= 0.3 is 0 Å². The van der Waals surface area contributed by atoms with Gasteiger partial charge in [-0.25, -0.2) is 18.1 Å². The van der Waals surface area contributed by atoms with Crippen LogP contribution in [0.1, 0.15) is 19.3 Å². The lowest BCUT2D eigenvalue weighted by atomic mass is 10.1. The Kier molecular flexibility index (Phi) is 3.92. The second-order valence-corrected chi connectivity index (χ2v) is 7.29. The van der Waals surface area contributed by atoms with Crippen molar-refractivity contribution in [2.24, 2.45) is 5.92 Å². The van der Waals surface area contributed by atoms with Crippen molar-refractivity contribution in [1.82, 2.24) is 14.1 Å². The molecule has 0 bridgehead atoms. The van der Waals surface area contributed by atoms with E-state index < -0.39 is 16.1 Å². The SMILES string of the molecule is O=S(=O)(NCC1CCCC1O)c1c(Cl)nc2ccccn12. The monoisotopic (exact) mass is 329 g/mol. The summed E-state index contributed by atoms with van der Waals surface area (Å²) in [4.78, 5) is 4.03. The highest BCUT2D eigenvalue weighted by Gasteiger charge is 2.29. The number of nitrogens with zero attached hydrogens (tertiary/aromatic N) is 2. The van der Waals surface area contributed by atoms with E-state index in [1.165, 1.54) is 4.40 Å². The van der Waals surface area contributed by atoms with Crippen LogP contribution in [0.15, 0.2) is 29.4 Å². The average molecular weight is 330 g/mol. The first-order chi connectivity index (χ1) is 9.99. The molecule has 1 saturated carbocycles. The molecule has 2 aromatic heterocycles. The smallest absolute Gasteiger partial charge is 0.259 e. The summed E-state index contributed by atoms with van der Waals surface area (Å²) >= 11 is 5.98. The second kappa shape index (κ2) is 5.57. The highest BCUT2D eigenvalue weighted by atomic mass is 35.5. The Hall–Kier alpha value is -1.15. The van der Waals surface area contributed by atoms with Crippen molar-refractivity contribution in [1.29, 1.82) is 0 Å². The maximum atomic E-state index is 12.5. The van der Waals surface area contributed by atoms with E-state index in [-0.39, 0.29) is 22.6 Å². The molecular weight excluding hydrogens is 314 g/mol. The lowest BCUT2D eigenvalue weighted by molar-refractivity contribution is 0.134. The van der Waals surface area contributed by atoms with E-state index in [9.17, 15) is 13.5 Å². The minimum Gasteiger partial charge on any atom is -0.393 e. The number of aliphatic hydroxyl groups is 1. The van der Waals surface area contributed by atoms with E-state index in [0.717, 1.165) is 19.3 Å². The van der Waals surface area contributed by atoms with Crippen molar-refractivity contribution in [2.45, 2.75) is 30.4 Å². The third kappa shape index (κ3) is 2.78. The Labute approximate surface area is 127 Å². The van der Waals surface area contributed by atoms with Gasteiger partial charge in [0.15, 0.2) is 10.2 Å². The fourth-order valence-electron chi connectivity index (χ4n) is 2.73. The van der Waals surface area contributed by atoms with Crippen molar-refractivity contribution in [3.05, 3.63) is 29.5 Å². The molecule has 8 heteroatoms. The molecule has 2 unspecified atom stereocenters. The first-order valence-corrected chi connectivity index (χ1v) is 8.65. The molecule has 2 aromatic rings. The van der Waals surface area contributed by atoms with Crippen molar-refractivity contribution >= 4 is 27.3 Å². The number of imidazole rings is 1.